The standard InChI is InChI=1S/C13H20N4O/c1-2-17(10-5-3-4-6-10)13(18)11-9-15-8-7-12(11)16-14/h7-10H,2-6,14H2,1H3,(H,15,16). The Morgan fingerprint density at radius 3 is 2.89 bits per heavy atom. The summed E-state index contributed by atoms with van der Waals surface area (Å²) in [5.74, 6) is 5.45. The Bertz CT molecular complexity index is 415. The molecule has 1 aromatic rings. The van der Waals surface area contributed by atoms with E-state index in [1.54, 1.807) is 18.5 Å². The van der Waals surface area contributed by atoms with Crippen molar-refractivity contribution in [3.63, 3.8) is 0 Å². The van der Waals surface area contributed by atoms with Gasteiger partial charge in [0, 0.05) is 25.0 Å². The molecule has 0 radical (unpaired) electrons. The summed E-state index contributed by atoms with van der Waals surface area (Å²) in [6.45, 7) is 2.74. The molecule has 5 heteroatoms. The maximum absolute atomic E-state index is 12.5. The van der Waals surface area contributed by atoms with Crippen LogP contribution >= 0.6 is 0 Å². The first-order valence-corrected chi connectivity index (χ1v) is 6.49. The van der Waals surface area contributed by atoms with Crippen molar-refractivity contribution in [3.05, 3.63) is 24.0 Å². The van der Waals surface area contributed by atoms with E-state index >= 15 is 0 Å². The number of nitrogens with one attached hydrogen (secondary N) is 1. The largest absolute Gasteiger partial charge is 0.336 e. The first kappa shape index (κ1) is 12.8. The molecular formula is C13H20N4O. The number of amides is 1. The molecule has 5 nitrogen and oxygen atoms in total. The number of nitrogen functional groups attached to an aromatic ring is 1. The molecule has 1 heterocycles. The van der Waals surface area contributed by atoms with Crippen LogP contribution in [0.25, 0.3) is 0 Å². The number of carbonyl (C=O) groups is 1. The van der Waals surface area contributed by atoms with Crippen LogP contribution in [0, 0.1) is 0 Å². The monoisotopic (exact) mass is 248 g/mol. The SMILES string of the molecule is CCN(C(=O)c1cnccc1NN)C1CCCC1. The topological polar surface area (TPSA) is 71.2 Å². The van der Waals surface area contributed by atoms with E-state index in [1.165, 1.54) is 12.8 Å². The first-order valence-electron chi connectivity index (χ1n) is 6.49. The number of anilines is 1. The molecule has 0 aliphatic heterocycles. The highest BCUT2D eigenvalue weighted by Gasteiger charge is 2.27. The third-order valence-corrected chi connectivity index (χ3v) is 3.57. The summed E-state index contributed by atoms with van der Waals surface area (Å²) in [6.07, 6.45) is 7.83. The average molecular weight is 248 g/mol. The highest BCUT2D eigenvalue weighted by Crippen LogP contribution is 2.26. The minimum absolute atomic E-state index is 0.0189. The number of rotatable bonds is 4. The molecule has 0 atom stereocenters. The van der Waals surface area contributed by atoms with E-state index < -0.39 is 0 Å². The van der Waals surface area contributed by atoms with E-state index in [2.05, 4.69) is 10.4 Å². The average Bonchev–Trinajstić information content (AvgIpc) is 2.93. The van der Waals surface area contributed by atoms with Gasteiger partial charge in [0.2, 0.25) is 0 Å². The maximum atomic E-state index is 12.5. The Morgan fingerprint density at radius 2 is 2.28 bits per heavy atom. The summed E-state index contributed by atoms with van der Waals surface area (Å²) >= 11 is 0. The molecule has 0 saturated heterocycles. The van der Waals surface area contributed by atoms with Gasteiger partial charge in [-0.3, -0.25) is 15.6 Å². The third kappa shape index (κ3) is 2.46. The van der Waals surface area contributed by atoms with Crippen LogP contribution in [-0.4, -0.2) is 28.4 Å². The molecule has 18 heavy (non-hydrogen) atoms. The van der Waals surface area contributed by atoms with Gasteiger partial charge in [0.05, 0.1) is 11.3 Å². The lowest BCUT2D eigenvalue weighted by atomic mass is 10.1. The zero-order valence-electron chi connectivity index (χ0n) is 10.7. The van der Waals surface area contributed by atoms with Gasteiger partial charge in [-0.15, -0.1) is 0 Å². The number of pyridine rings is 1. The second-order valence-corrected chi connectivity index (χ2v) is 4.60. The van der Waals surface area contributed by atoms with E-state index in [1.807, 2.05) is 11.8 Å². The van der Waals surface area contributed by atoms with Gasteiger partial charge < -0.3 is 10.3 Å². The van der Waals surface area contributed by atoms with Gasteiger partial charge in [-0.25, -0.2) is 0 Å². The quantitative estimate of drug-likeness (QED) is 0.629. The summed E-state index contributed by atoms with van der Waals surface area (Å²) in [4.78, 5) is 18.5. The van der Waals surface area contributed by atoms with Crippen LogP contribution in [0.5, 0.6) is 0 Å². The van der Waals surface area contributed by atoms with Crippen molar-refractivity contribution >= 4 is 11.6 Å². The van der Waals surface area contributed by atoms with Gasteiger partial charge in [-0.05, 0) is 25.8 Å². The lowest BCUT2D eigenvalue weighted by Crippen LogP contribution is -2.39. The second-order valence-electron chi connectivity index (χ2n) is 4.60. The van der Waals surface area contributed by atoms with Gasteiger partial charge in [0.15, 0.2) is 0 Å². The molecule has 1 aliphatic rings. The minimum atomic E-state index is 0.0189. The summed E-state index contributed by atoms with van der Waals surface area (Å²) < 4.78 is 0. The molecule has 1 amide bonds. The van der Waals surface area contributed by atoms with Crippen molar-refractivity contribution in [2.75, 3.05) is 12.0 Å². The van der Waals surface area contributed by atoms with Gasteiger partial charge >= 0.3 is 0 Å². The molecule has 1 fully saturated rings. The predicted octanol–water partition coefficient (Wildman–Crippen LogP) is 1.77. The molecule has 0 spiro atoms. The third-order valence-electron chi connectivity index (χ3n) is 3.57. The number of hydrazine groups is 1. The molecule has 98 valence electrons. The second kappa shape index (κ2) is 5.82. The van der Waals surface area contributed by atoms with Crippen LogP contribution in [0.3, 0.4) is 0 Å². The summed E-state index contributed by atoms with van der Waals surface area (Å²) in [5, 5.41) is 0. The van der Waals surface area contributed by atoms with Crippen LogP contribution in [0.2, 0.25) is 0 Å². The Kier molecular flexibility index (Phi) is 4.15. The molecule has 1 saturated carbocycles. The molecule has 1 aromatic heterocycles. The summed E-state index contributed by atoms with van der Waals surface area (Å²) in [7, 11) is 0. The summed E-state index contributed by atoms with van der Waals surface area (Å²) in [5.41, 5.74) is 3.74. The van der Waals surface area contributed by atoms with Gasteiger partial charge in [0.1, 0.15) is 0 Å². The van der Waals surface area contributed by atoms with Crippen molar-refractivity contribution < 1.29 is 4.79 Å². The lowest BCUT2D eigenvalue weighted by molar-refractivity contribution is 0.0694. The highest BCUT2D eigenvalue weighted by molar-refractivity contribution is 5.99. The predicted molar refractivity (Wildman–Crippen MR) is 71.0 cm³/mol. The van der Waals surface area contributed by atoms with Crippen LogP contribution in [0.15, 0.2) is 18.5 Å². The fraction of sp³-hybridized carbons (Fsp3) is 0.538. The maximum Gasteiger partial charge on any atom is 0.257 e. The zero-order chi connectivity index (χ0) is 13.0. The van der Waals surface area contributed by atoms with Crippen molar-refractivity contribution in [2.45, 2.75) is 38.6 Å². The van der Waals surface area contributed by atoms with Gasteiger partial charge in [0.25, 0.3) is 5.91 Å². The van der Waals surface area contributed by atoms with Crippen LogP contribution in [0.4, 0.5) is 5.69 Å². The Morgan fingerprint density at radius 1 is 1.56 bits per heavy atom. The van der Waals surface area contributed by atoms with E-state index in [-0.39, 0.29) is 5.91 Å². The Labute approximate surface area is 107 Å². The number of carbonyl (C=O) groups excluding carboxylic acids is 1. The van der Waals surface area contributed by atoms with Crippen molar-refractivity contribution in [3.8, 4) is 0 Å². The van der Waals surface area contributed by atoms with Gasteiger partial charge in [-0.1, -0.05) is 12.8 Å². The number of nitrogens with zero attached hydrogens (tertiary/aromatic N) is 2. The first-order chi connectivity index (χ1) is 8.77. The number of hydrogen-bond donors (Lipinski definition) is 2. The number of hydrogen-bond acceptors (Lipinski definition) is 4. The van der Waals surface area contributed by atoms with Crippen LogP contribution < -0.4 is 11.3 Å². The van der Waals surface area contributed by atoms with Gasteiger partial charge in [-0.2, -0.15) is 0 Å². The molecule has 0 aromatic carbocycles. The number of nitrogens with two attached hydrogens (primary N) is 1. The van der Waals surface area contributed by atoms with Crippen molar-refractivity contribution in [1.29, 1.82) is 0 Å². The van der Waals surface area contributed by atoms with E-state index in [0.29, 0.717) is 17.3 Å². The number of aromatic nitrogens is 1. The highest BCUT2D eigenvalue weighted by atomic mass is 16.2. The van der Waals surface area contributed by atoms with E-state index in [4.69, 9.17) is 5.84 Å². The fourth-order valence-corrected chi connectivity index (χ4v) is 2.63. The summed E-state index contributed by atoms with van der Waals surface area (Å²) in [6, 6.07) is 2.09. The molecule has 2 rings (SSSR count). The smallest absolute Gasteiger partial charge is 0.257 e. The van der Waals surface area contributed by atoms with E-state index in [9.17, 15) is 4.79 Å². The van der Waals surface area contributed by atoms with Crippen LogP contribution in [-0.2, 0) is 0 Å². The molecule has 3 N–H and O–H groups in total. The van der Waals surface area contributed by atoms with E-state index in [0.717, 1.165) is 19.4 Å². The molecule has 0 bridgehead atoms. The normalized spacial score (nSPS) is 15.7. The molecule has 0 unspecified atom stereocenters. The lowest BCUT2D eigenvalue weighted by Gasteiger charge is -2.28. The molecule has 1 aliphatic carbocycles. The molecular weight excluding hydrogens is 228 g/mol. The minimum Gasteiger partial charge on any atom is -0.336 e. The van der Waals surface area contributed by atoms with Crippen LogP contribution in [0.1, 0.15) is 43.0 Å². The van der Waals surface area contributed by atoms with Crippen molar-refractivity contribution in [2.24, 2.45) is 5.84 Å². The Balaban J connectivity index is 2.22. The Hall–Kier alpha value is -1.62. The fourth-order valence-electron chi connectivity index (χ4n) is 2.63. The van der Waals surface area contributed by atoms with Crippen molar-refractivity contribution in [1.82, 2.24) is 9.88 Å². The zero-order valence-corrected chi connectivity index (χ0v) is 10.7.